The number of piperidine rings is 1. The average molecular weight is 677 g/mol. The Bertz CT molecular complexity index is 2030. The number of halogens is 1. The number of hydrogen-bond acceptors (Lipinski definition) is 11. The minimum atomic E-state index is -0.956. The summed E-state index contributed by atoms with van der Waals surface area (Å²) in [5.41, 5.74) is 11.3. The second kappa shape index (κ2) is 15.3. The standard InChI is InChI=1S/C37H33FN6O6/c1-49-32-9-8-25(18-31(32)46)29-21-42-35(28(20-40)34(29)26-6-7-27(19-39)30(38)17-26)44-14-12-37(41,13-15-44)11-10-23-2-4-24(5-3-23)16-33(50-22-45)36(47)43-48/h2-9,16-18,21-22,46,48H,10-15,41H2,1H3,(H,43,47)/b33-16+. The van der Waals surface area contributed by atoms with Gasteiger partial charge in [0.15, 0.2) is 17.3 Å². The molecule has 1 aromatic heterocycles. The monoisotopic (exact) mass is 676 g/mol. The van der Waals surface area contributed by atoms with E-state index in [2.05, 4.69) is 10.8 Å². The van der Waals surface area contributed by atoms with Crippen LogP contribution in [0.25, 0.3) is 28.3 Å². The van der Waals surface area contributed by atoms with Gasteiger partial charge in [-0.3, -0.25) is 14.8 Å². The Hall–Kier alpha value is -6.28. The molecule has 0 atom stereocenters. The number of phenols is 1. The van der Waals surface area contributed by atoms with Gasteiger partial charge in [0.25, 0.3) is 6.47 Å². The van der Waals surface area contributed by atoms with Crippen molar-refractivity contribution in [3.63, 3.8) is 0 Å². The molecule has 5 N–H and O–H groups in total. The Labute approximate surface area is 287 Å². The number of aromatic nitrogens is 1. The third kappa shape index (κ3) is 7.55. The topological polar surface area (TPSA) is 195 Å². The maximum Gasteiger partial charge on any atom is 0.310 e. The highest BCUT2D eigenvalue weighted by atomic mass is 19.1. The highest BCUT2D eigenvalue weighted by Crippen LogP contribution is 2.42. The third-order valence-electron chi connectivity index (χ3n) is 8.79. The van der Waals surface area contributed by atoms with Gasteiger partial charge < -0.3 is 25.2 Å². The lowest BCUT2D eigenvalue weighted by atomic mass is 9.83. The molecule has 1 saturated heterocycles. The number of nitriles is 2. The van der Waals surface area contributed by atoms with Crippen LogP contribution in [0.15, 0.2) is 72.6 Å². The number of nitrogens with one attached hydrogen (secondary N) is 1. The normalized spacial score (nSPS) is 13.9. The molecule has 5 rings (SSSR count). The molecule has 0 spiro atoms. The average Bonchev–Trinajstić information content (AvgIpc) is 3.13. The molecule has 0 unspecified atom stereocenters. The van der Waals surface area contributed by atoms with Gasteiger partial charge in [0.05, 0.1) is 12.7 Å². The molecular formula is C37H33FN6O6. The molecule has 0 saturated carbocycles. The number of amides is 1. The second-order valence-corrected chi connectivity index (χ2v) is 11.8. The quantitative estimate of drug-likeness (QED) is 0.0551. The van der Waals surface area contributed by atoms with E-state index in [0.717, 1.165) is 5.56 Å². The van der Waals surface area contributed by atoms with Gasteiger partial charge in [0.1, 0.15) is 29.3 Å². The fourth-order valence-corrected chi connectivity index (χ4v) is 5.98. The Morgan fingerprint density at radius 3 is 2.42 bits per heavy atom. The van der Waals surface area contributed by atoms with Crippen LogP contribution in [-0.4, -0.2) is 53.4 Å². The van der Waals surface area contributed by atoms with Gasteiger partial charge in [0, 0.05) is 36.0 Å². The number of phenolic OH excluding ortho intramolecular Hbond substituents is 1. The van der Waals surface area contributed by atoms with E-state index in [4.69, 9.17) is 20.7 Å². The lowest BCUT2D eigenvalue weighted by molar-refractivity contribution is -0.135. The van der Waals surface area contributed by atoms with Gasteiger partial charge in [-0.15, -0.1) is 0 Å². The molecule has 50 heavy (non-hydrogen) atoms. The molecule has 1 amide bonds. The summed E-state index contributed by atoms with van der Waals surface area (Å²) in [6, 6.07) is 20.3. The highest BCUT2D eigenvalue weighted by Gasteiger charge is 2.33. The van der Waals surface area contributed by atoms with Crippen molar-refractivity contribution in [3.05, 3.63) is 101 Å². The van der Waals surface area contributed by atoms with Crippen LogP contribution in [-0.2, 0) is 20.7 Å². The van der Waals surface area contributed by atoms with Crippen LogP contribution >= 0.6 is 0 Å². The fraction of sp³-hybridized carbons (Fsp3) is 0.216. The maximum atomic E-state index is 14.9. The molecule has 1 aliphatic rings. The third-order valence-corrected chi connectivity index (χ3v) is 8.79. The first kappa shape index (κ1) is 35.0. The predicted octanol–water partition coefficient (Wildman–Crippen LogP) is 4.96. The summed E-state index contributed by atoms with van der Waals surface area (Å²) in [4.78, 5) is 29.0. The lowest BCUT2D eigenvalue weighted by Crippen LogP contribution is -2.51. The summed E-state index contributed by atoms with van der Waals surface area (Å²) in [5, 5.41) is 39.1. The molecule has 0 aliphatic carbocycles. The van der Waals surface area contributed by atoms with Gasteiger partial charge in [-0.05, 0) is 78.3 Å². The minimum absolute atomic E-state index is 0.0953. The number of hydroxylamine groups is 1. The number of carbonyl (C=O) groups is 2. The Balaban J connectivity index is 1.37. The number of aromatic hydroxyl groups is 1. The van der Waals surface area contributed by atoms with Crippen LogP contribution in [0, 0.1) is 28.5 Å². The van der Waals surface area contributed by atoms with Crippen LogP contribution in [0.1, 0.15) is 41.5 Å². The first-order valence-electron chi connectivity index (χ1n) is 15.5. The van der Waals surface area contributed by atoms with E-state index in [0.29, 0.717) is 72.4 Å². The molecule has 0 bridgehead atoms. The zero-order valence-electron chi connectivity index (χ0n) is 27.0. The van der Waals surface area contributed by atoms with Crippen molar-refractivity contribution in [1.82, 2.24) is 10.5 Å². The number of nitrogens with zero attached hydrogens (tertiary/aromatic N) is 4. The van der Waals surface area contributed by atoms with E-state index in [9.17, 15) is 29.6 Å². The van der Waals surface area contributed by atoms with Gasteiger partial charge >= 0.3 is 5.91 Å². The number of benzene rings is 3. The van der Waals surface area contributed by atoms with Gasteiger partial charge in [-0.1, -0.05) is 36.4 Å². The van der Waals surface area contributed by atoms with Crippen LogP contribution < -0.4 is 20.9 Å². The van der Waals surface area contributed by atoms with E-state index in [-0.39, 0.29) is 34.9 Å². The van der Waals surface area contributed by atoms with Gasteiger partial charge in [-0.2, -0.15) is 10.5 Å². The number of nitrogens with two attached hydrogens (primary N) is 1. The molecular weight excluding hydrogens is 643 g/mol. The van der Waals surface area contributed by atoms with E-state index in [1.165, 1.54) is 36.9 Å². The molecule has 12 nitrogen and oxygen atoms in total. The Kier molecular flexibility index (Phi) is 10.7. The molecule has 4 aromatic rings. The minimum Gasteiger partial charge on any atom is -0.504 e. The SMILES string of the molecule is COc1ccc(-c2cnc(N3CCC(N)(CCc4ccc(/C=C(/OC=O)C(=O)NO)cc4)CC3)c(C#N)c2-c2ccc(C#N)c(F)c2)cc1O. The summed E-state index contributed by atoms with van der Waals surface area (Å²) in [7, 11) is 1.43. The summed E-state index contributed by atoms with van der Waals surface area (Å²) in [5.74, 6) is -1.46. The molecule has 1 fully saturated rings. The number of ether oxygens (including phenoxy) is 2. The second-order valence-electron chi connectivity index (χ2n) is 11.8. The number of hydrogen-bond donors (Lipinski definition) is 4. The molecule has 3 aromatic carbocycles. The van der Waals surface area contributed by atoms with Crippen LogP contribution in [0.2, 0.25) is 0 Å². The number of pyridine rings is 1. The number of carbonyl (C=O) groups excluding carboxylic acids is 2. The summed E-state index contributed by atoms with van der Waals surface area (Å²) < 4.78 is 24.7. The first-order valence-corrected chi connectivity index (χ1v) is 15.5. The van der Waals surface area contributed by atoms with Crippen LogP contribution in [0.3, 0.4) is 0 Å². The molecule has 1 aliphatic heterocycles. The molecule has 254 valence electrons. The van der Waals surface area contributed by atoms with Gasteiger partial charge in [0.2, 0.25) is 0 Å². The maximum absolute atomic E-state index is 14.9. The highest BCUT2D eigenvalue weighted by molar-refractivity contribution is 5.96. The van der Waals surface area contributed by atoms with Gasteiger partial charge in [-0.25, -0.2) is 14.9 Å². The Morgan fingerprint density at radius 2 is 1.82 bits per heavy atom. The fourth-order valence-electron chi connectivity index (χ4n) is 5.98. The number of rotatable bonds is 11. The summed E-state index contributed by atoms with van der Waals surface area (Å²) >= 11 is 0. The van der Waals surface area contributed by atoms with E-state index < -0.39 is 17.3 Å². The predicted molar refractivity (Wildman–Crippen MR) is 181 cm³/mol. The van der Waals surface area contributed by atoms with E-state index >= 15 is 0 Å². The first-order chi connectivity index (χ1) is 24.1. The summed E-state index contributed by atoms with van der Waals surface area (Å²) in [6.07, 6.45) is 5.49. The Morgan fingerprint density at radius 1 is 1.10 bits per heavy atom. The zero-order valence-corrected chi connectivity index (χ0v) is 27.0. The summed E-state index contributed by atoms with van der Waals surface area (Å²) in [6.45, 7) is 1.12. The van der Waals surface area contributed by atoms with Crippen molar-refractivity contribution >= 4 is 24.3 Å². The van der Waals surface area contributed by atoms with E-state index in [1.807, 2.05) is 23.1 Å². The van der Waals surface area contributed by atoms with Crippen molar-refractivity contribution in [1.29, 1.82) is 10.5 Å². The van der Waals surface area contributed by atoms with Crippen molar-refractivity contribution in [2.45, 2.75) is 31.2 Å². The van der Waals surface area contributed by atoms with E-state index in [1.54, 1.807) is 36.5 Å². The molecule has 2 heterocycles. The molecule has 13 heteroatoms. The number of anilines is 1. The largest absolute Gasteiger partial charge is 0.504 e. The van der Waals surface area contributed by atoms with Crippen molar-refractivity contribution in [2.24, 2.45) is 5.73 Å². The zero-order chi connectivity index (χ0) is 35.8. The molecule has 0 radical (unpaired) electrons. The van der Waals surface area contributed by atoms with Crippen molar-refractivity contribution in [3.8, 4) is 45.9 Å². The smallest absolute Gasteiger partial charge is 0.310 e. The van der Waals surface area contributed by atoms with Crippen molar-refractivity contribution in [2.75, 3.05) is 25.1 Å². The lowest BCUT2D eigenvalue weighted by Gasteiger charge is -2.40. The van der Waals surface area contributed by atoms with Crippen LogP contribution in [0.5, 0.6) is 11.5 Å². The number of aryl methyl sites for hydroxylation is 1. The number of methoxy groups -OCH3 is 1. The van der Waals surface area contributed by atoms with Crippen LogP contribution in [0.4, 0.5) is 10.2 Å². The van der Waals surface area contributed by atoms with Crippen molar-refractivity contribution < 1.29 is 33.8 Å².